The van der Waals surface area contributed by atoms with Crippen molar-refractivity contribution >= 4 is 11.9 Å². The smallest absolute Gasteiger partial charge is 0.340 e. The highest BCUT2D eigenvalue weighted by atomic mass is 16.5. The van der Waals surface area contributed by atoms with Crippen molar-refractivity contribution in [3.05, 3.63) is 65.5 Å². The molecule has 1 unspecified atom stereocenters. The van der Waals surface area contributed by atoms with E-state index in [1.807, 2.05) is 43.5 Å². The maximum Gasteiger partial charge on any atom is 0.340 e. The van der Waals surface area contributed by atoms with Gasteiger partial charge in [-0.05, 0) is 51.5 Å². The second kappa shape index (κ2) is 7.83. The van der Waals surface area contributed by atoms with E-state index in [2.05, 4.69) is 18.0 Å². The SMILES string of the molecule is C=CCNC(=O)C(C)OC(=O)c1cc(C)n(-c2cccc(C)c2)c1C. The molecule has 5 nitrogen and oxygen atoms in total. The normalized spacial score (nSPS) is 11.7. The maximum atomic E-state index is 12.5. The number of hydrogen-bond donors (Lipinski definition) is 1. The summed E-state index contributed by atoms with van der Waals surface area (Å²) >= 11 is 0. The quantitative estimate of drug-likeness (QED) is 0.649. The molecule has 1 heterocycles. The van der Waals surface area contributed by atoms with E-state index < -0.39 is 12.1 Å². The van der Waals surface area contributed by atoms with Gasteiger partial charge in [0.25, 0.3) is 5.91 Å². The lowest BCUT2D eigenvalue weighted by molar-refractivity contribution is -0.128. The van der Waals surface area contributed by atoms with Gasteiger partial charge < -0.3 is 14.6 Å². The number of ether oxygens (including phenoxy) is 1. The van der Waals surface area contributed by atoms with Gasteiger partial charge in [0, 0.05) is 23.6 Å². The van der Waals surface area contributed by atoms with Crippen LogP contribution in [0.2, 0.25) is 0 Å². The lowest BCUT2D eigenvalue weighted by atomic mass is 10.2. The van der Waals surface area contributed by atoms with Gasteiger partial charge in [0.2, 0.25) is 0 Å². The molecule has 2 rings (SSSR count). The zero-order chi connectivity index (χ0) is 18.6. The van der Waals surface area contributed by atoms with E-state index in [1.165, 1.54) is 0 Å². The molecular formula is C20H24N2O3. The Kier molecular flexibility index (Phi) is 5.80. The zero-order valence-electron chi connectivity index (χ0n) is 15.1. The molecule has 0 aliphatic carbocycles. The summed E-state index contributed by atoms with van der Waals surface area (Å²) in [6.45, 7) is 11.3. The van der Waals surface area contributed by atoms with Gasteiger partial charge >= 0.3 is 5.97 Å². The van der Waals surface area contributed by atoms with Crippen LogP contribution in [0.3, 0.4) is 0 Å². The number of esters is 1. The molecule has 25 heavy (non-hydrogen) atoms. The Morgan fingerprint density at radius 3 is 2.64 bits per heavy atom. The molecular weight excluding hydrogens is 316 g/mol. The Morgan fingerprint density at radius 2 is 2.00 bits per heavy atom. The molecule has 0 bridgehead atoms. The third-order valence-corrected chi connectivity index (χ3v) is 3.98. The van der Waals surface area contributed by atoms with Gasteiger partial charge in [-0.25, -0.2) is 4.79 Å². The Balaban J connectivity index is 2.23. The predicted octanol–water partition coefficient (Wildman–Crippen LogP) is 3.25. The van der Waals surface area contributed by atoms with Crippen LogP contribution in [0.25, 0.3) is 5.69 Å². The number of aryl methyl sites for hydroxylation is 2. The molecule has 1 amide bonds. The molecule has 0 aliphatic heterocycles. The third-order valence-electron chi connectivity index (χ3n) is 3.98. The molecule has 0 spiro atoms. The third kappa shape index (κ3) is 4.18. The van der Waals surface area contributed by atoms with E-state index >= 15 is 0 Å². The monoisotopic (exact) mass is 340 g/mol. The summed E-state index contributed by atoms with van der Waals surface area (Å²) < 4.78 is 7.31. The number of carbonyl (C=O) groups excluding carboxylic acids is 2. The van der Waals surface area contributed by atoms with E-state index in [-0.39, 0.29) is 5.91 Å². The Labute approximate surface area is 148 Å². The highest BCUT2D eigenvalue weighted by Crippen LogP contribution is 2.22. The number of hydrogen-bond acceptors (Lipinski definition) is 3. The maximum absolute atomic E-state index is 12.5. The number of benzene rings is 1. The van der Waals surface area contributed by atoms with Crippen molar-refractivity contribution in [2.24, 2.45) is 0 Å². The summed E-state index contributed by atoms with van der Waals surface area (Å²) in [5.41, 5.74) is 4.31. The minimum atomic E-state index is -0.866. The van der Waals surface area contributed by atoms with E-state index in [1.54, 1.807) is 19.1 Å². The van der Waals surface area contributed by atoms with Crippen molar-refractivity contribution in [2.75, 3.05) is 6.54 Å². The van der Waals surface area contributed by atoms with Crippen LogP contribution in [0, 0.1) is 20.8 Å². The fourth-order valence-electron chi connectivity index (χ4n) is 2.73. The topological polar surface area (TPSA) is 60.3 Å². The highest BCUT2D eigenvalue weighted by molar-refractivity contribution is 5.93. The largest absolute Gasteiger partial charge is 0.449 e. The van der Waals surface area contributed by atoms with Crippen LogP contribution in [0.1, 0.15) is 34.2 Å². The number of aromatic nitrogens is 1. The lowest BCUT2D eigenvalue weighted by Crippen LogP contribution is -2.35. The Bertz CT molecular complexity index is 805. The van der Waals surface area contributed by atoms with Gasteiger partial charge in [-0.2, -0.15) is 0 Å². The molecule has 2 aromatic rings. The van der Waals surface area contributed by atoms with Gasteiger partial charge in [0.1, 0.15) is 0 Å². The van der Waals surface area contributed by atoms with Gasteiger partial charge in [0.05, 0.1) is 5.56 Å². The highest BCUT2D eigenvalue weighted by Gasteiger charge is 2.22. The first kappa shape index (κ1) is 18.5. The molecule has 0 aliphatic rings. The molecule has 0 fully saturated rings. The van der Waals surface area contributed by atoms with Crippen LogP contribution in [0.15, 0.2) is 43.0 Å². The molecule has 1 atom stereocenters. The Morgan fingerprint density at radius 1 is 1.28 bits per heavy atom. The van der Waals surface area contributed by atoms with Crippen LogP contribution in [0.4, 0.5) is 0 Å². The number of rotatable bonds is 6. The number of carbonyl (C=O) groups is 2. The summed E-state index contributed by atoms with van der Waals surface area (Å²) in [5.74, 6) is -0.853. The van der Waals surface area contributed by atoms with E-state index in [9.17, 15) is 9.59 Å². The van der Waals surface area contributed by atoms with E-state index in [0.717, 1.165) is 22.6 Å². The molecule has 0 saturated heterocycles. The second-order valence-electron chi connectivity index (χ2n) is 6.04. The molecule has 5 heteroatoms. The summed E-state index contributed by atoms with van der Waals surface area (Å²) in [5, 5.41) is 2.61. The first-order valence-electron chi connectivity index (χ1n) is 8.20. The zero-order valence-corrected chi connectivity index (χ0v) is 15.1. The van der Waals surface area contributed by atoms with Crippen LogP contribution < -0.4 is 5.32 Å². The Hall–Kier alpha value is -2.82. The molecule has 0 saturated carbocycles. The fraction of sp³-hybridized carbons (Fsp3) is 0.300. The standard InChI is InChI=1S/C20H24N2O3/c1-6-10-21-19(23)16(5)25-20(24)18-12-14(3)22(15(18)4)17-9-7-8-13(2)11-17/h6-9,11-12,16H,1,10H2,2-5H3,(H,21,23). The molecule has 1 N–H and O–H groups in total. The van der Waals surface area contributed by atoms with Gasteiger partial charge in [-0.3, -0.25) is 4.79 Å². The average molecular weight is 340 g/mol. The fourth-order valence-corrected chi connectivity index (χ4v) is 2.73. The van der Waals surface area contributed by atoms with Crippen molar-refractivity contribution < 1.29 is 14.3 Å². The van der Waals surface area contributed by atoms with Crippen molar-refractivity contribution in [3.63, 3.8) is 0 Å². The number of amides is 1. The van der Waals surface area contributed by atoms with Crippen molar-refractivity contribution in [2.45, 2.75) is 33.8 Å². The van der Waals surface area contributed by atoms with E-state index in [4.69, 9.17) is 4.74 Å². The molecule has 1 aromatic heterocycles. The number of nitrogens with zero attached hydrogens (tertiary/aromatic N) is 1. The van der Waals surface area contributed by atoms with Crippen LogP contribution in [0.5, 0.6) is 0 Å². The number of nitrogens with one attached hydrogen (secondary N) is 1. The van der Waals surface area contributed by atoms with Gasteiger partial charge in [-0.15, -0.1) is 6.58 Å². The lowest BCUT2D eigenvalue weighted by Gasteiger charge is -2.13. The van der Waals surface area contributed by atoms with Gasteiger partial charge in [-0.1, -0.05) is 18.2 Å². The summed E-state index contributed by atoms with van der Waals surface area (Å²) in [7, 11) is 0. The van der Waals surface area contributed by atoms with Crippen LogP contribution >= 0.6 is 0 Å². The minimum Gasteiger partial charge on any atom is -0.449 e. The van der Waals surface area contributed by atoms with Crippen LogP contribution in [-0.4, -0.2) is 29.1 Å². The van der Waals surface area contributed by atoms with Gasteiger partial charge in [0.15, 0.2) is 6.10 Å². The molecule has 1 aromatic carbocycles. The van der Waals surface area contributed by atoms with Crippen LogP contribution in [-0.2, 0) is 9.53 Å². The minimum absolute atomic E-state index is 0.336. The molecule has 132 valence electrons. The van der Waals surface area contributed by atoms with Crippen molar-refractivity contribution in [1.82, 2.24) is 9.88 Å². The summed E-state index contributed by atoms with van der Waals surface area (Å²) in [6.07, 6.45) is 0.705. The predicted molar refractivity (Wildman–Crippen MR) is 98.1 cm³/mol. The summed E-state index contributed by atoms with van der Waals surface area (Å²) in [6, 6.07) is 9.84. The summed E-state index contributed by atoms with van der Waals surface area (Å²) in [4.78, 5) is 24.3. The first-order valence-corrected chi connectivity index (χ1v) is 8.20. The molecule has 0 radical (unpaired) electrons. The average Bonchev–Trinajstić information content (AvgIpc) is 2.87. The second-order valence-corrected chi connectivity index (χ2v) is 6.04. The van der Waals surface area contributed by atoms with E-state index in [0.29, 0.717) is 12.1 Å². The van der Waals surface area contributed by atoms with Crippen molar-refractivity contribution in [1.29, 1.82) is 0 Å². The first-order chi connectivity index (χ1) is 11.8. The van der Waals surface area contributed by atoms with Crippen molar-refractivity contribution in [3.8, 4) is 5.69 Å².